The average molecular weight is 534 g/mol. The van der Waals surface area contributed by atoms with Crippen molar-refractivity contribution in [1.82, 2.24) is 14.3 Å². The Morgan fingerprint density at radius 3 is 2.43 bits per heavy atom. The lowest BCUT2D eigenvalue weighted by atomic mass is 10.2. The molecule has 0 fully saturated rings. The van der Waals surface area contributed by atoms with Crippen LogP contribution in [0, 0.1) is 6.92 Å². The zero-order valence-electron chi connectivity index (χ0n) is 20.2. The summed E-state index contributed by atoms with van der Waals surface area (Å²) < 4.78 is 32.1. The number of anilines is 2. The monoisotopic (exact) mass is 533 g/mol. The van der Waals surface area contributed by atoms with E-state index in [1.807, 2.05) is 30.3 Å². The number of carbonyl (C=O) groups excluding carboxylic acids is 1. The highest BCUT2D eigenvalue weighted by Crippen LogP contribution is 2.27. The van der Waals surface area contributed by atoms with Gasteiger partial charge in [0.25, 0.3) is 21.5 Å². The second-order valence-corrected chi connectivity index (χ2v) is 11.4. The van der Waals surface area contributed by atoms with E-state index in [0.717, 1.165) is 14.5 Å². The molecule has 1 N–H and O–H groups in total. The van der Waals surface area contributed by atoms with Crippen molar-refractivity contribution >= 4 is 48.3 Å². The van der Waals surface area contributed by atoms with Crippen LogP contribution in [0.4, 0.5) is 10.8 Å². The number of amides is 1. The lowest BCUT2D eigenvalue weighted by Crippen LogP contribution is -2.32. The van der Waals surface area contributed by atoms with Crippen LogP contribution in [-0.2, 0) is 17.1 Å². The van der Waals surface area contributed by atoms with Gasteiger partial charge < -0.3 is 0 Å². The molecule has 188 valence electrons. The summed E-state index contributed by atoms with van der Waals surface area (Å²) in [5, 5.41) is 3.15. The van der Waals surface area contributed by atoms with E-state index in [9.17, 15) is 18.0 Å². The van der Waals surface area contributed by atoms with E-state index in [4.69, 9.17) is 0 Å². The number of sulfonamides is 1. The maximum atomic E-state index is 13.6. The van der Waals surface area contributed by atoms with Gasteiger partial charge in [-0.2, -0.15) is 0 Å². The van der Waals surface area contributed by atoms with Gasteiger partial charge >= 0.3 is 0 Å². The highest BCUT2D eigenvalue weighted by atomic mass is 32.2. The number of nitrogens with one attached hydrogen (secondary N) is 1. The van der Waals surface area contributed by atoms with Gasteiger partial charge in [-0.25, -0.2) is 18.1 Å². The Balaban J connectivity index is 1.47. The summed E-state index contributed by atoms with van der Waals surface area (Å²) in [6, 6.07) is 22.2. The molecule has 1 amide bonds. The maximum absolute atomic E-state index is 13.6. The van der Waals surface area contributed by atoms with E-state index >= 15 is 0 Å². The molecule has 3 aromatic carbocycles. The molecule has 2 heterocycles. The topological polar surface area (TPSA) is 106 Å². The number of rotatable bonds is 6. The van der Waals surface area contributed by atoms with Gasteiger partial charge in [-0.3, -0.25) is 23.9 Å². The van der Waals surface area contributed by atoms with E-state index in [1.165, 1.54) is 47.3 Å². The fourth-order valence-corrected chi connectivity index (χ4v) is 6.24. The van der Waals surface area contributed by atoms with Gasteiger partial charge in [0, 0.05) is 19.7 Å². The summed E-state index contributed by atoms with van der Waals surface area (Å²) in [7, 11) is -1.13. The molecule has 5 aromatic rings. The lowest BCUT2D eigenvalue weighted by molar-refractivity contribution is 0.102. The third-order valence-corrected chi connectivity index (χ3v) is 8.81. The van der Waals surface area contributed by atoms with Crippen LogP contribution in [-0.4, -0.2) is 35.7 Å². The van der Waals surface area contributed by atoms with Crippen molar-refractivity contribution in [3.05, 3.63) is 100 Å². The molecule has 37 heavy (non-hydrogen) atoms. The minimum Gasteiger partial charge on any atom is -0.298 e. The summed E-state index contributed by atoms with van der Waals surface area (Å²) in [6.45, 7) is 1.68. The lowest BCUT2D eigenvalue weighted by Gasteiger charge is -2.18. The molecular weight excluding hydrogens is 510 g/mol. The second kappa shape index (κ2) is 9.34. The minimum absolute atomic E-state index is 0.0238. The number of fused-ring (bicyclic) bond motifs is 1. The first-order valence-corrected chi connectivity index (χ1v) is 13.5. The molecule has 9 nitrogen and oxygen atoms in total. The molecule has 0 aliphatic carbocycles. The summed E-state index contributed by atoms with van der Waals surface area (Å²) >= 11 is 1.33. The van der Waals surface area contributed by atoms with Gasteiger partial charge in [-0.15, -0.1) is 0 Å². The van der Waals surface area contributed by atoms with Crippen molar-refractivity contribution in [2.24, 2.45) is 7.05 Å². The minimum atomic E-state index is -4.16. The van der Waals surface area contributed by atoms with E-state index in [-0.39, 0.29) is 16.1 Å². The van der Waals surface area contributed by atoms with Crippen LogP contribution < -0.4 is 15.2 Å². The standard InChI is InChI=1S/C26H23N5O4S2/c1-17-23(25(33)31(29(17)2)19-11-5-4-6-12-19)30(3)37(34,35)20-13-9-10-18(16-20)24(32)28-26-27-21-14-7-8-15-22(21)36-26/h4-16H,1-3H3,(H,27,28,32). The first-order chi connectivity index (χ1) is 17.7. The zero-order valence-corrected chi connectivity index (χ0v) is 21.9. The highest BCUT2D eigenvalue weighted by Gasteiger charge is 2.29. The molecule has 5 rings (SSSR count). The third-order valence-electron chi connectivity index (χ3n) is 6.11. The molecule has 0 bridgehead atoms. The fraction of sp³-hybridized carbons (Fsp3) is 0.115. The molecular formula is C26H23N5O4S2. The molecule has 0 spiro atoms. The van der Waals surface area contributed by atoms with Gasteiger partial charge in [0.2, 0.25) is 0 Å². The molecule has 0 aliphatic heterocycles. The first kappa shape index (κ1) is 24.5. The molecule has 0 radical (unpaired) electrons. The van der Waals surface area contributed by atoms with Crippen molar-refractivity contribution in [2.45, 2.75) is 11.8 Å². The number of benzene rings is 3. The van der Waals surface area contributed by atoms with Crippen LogP contribution in [0.2, 0.25) is 0 Å². The van der Waals surface area contributed by atoms with Crippen LogP contribution >= 0.6 is 11.3 Å². The summed E-state index contributed by atoms with van der Waals surface area (Å²) in [4.78, 5) is 30.5. The Kier molecular flexibility index (Phi) is 6.18. The van der Waals surface area contributed by atoms with E-state index in [0.29, 0.717) is 16.5 Å². The predicted molar refractivity (Wildman–Crippen MR) is 145 cm³/mol. The Labute approximate surface area is 217 Å². The molecule has 11 heteroatoms. The number of thiazole rings is 1. The van der Waals surface area contributed by atoms with E-state index in [1.54, 1.807) is 42.9 Å². The SMILES string of the molecule is Cc1c(N(C)S(=O)(=O)c2cccc(C(=O)Nc3nc4ccccc4s3)c2)c(=O)n(-c2ccccc2)n1C. The van der Waals surface area contributed by atoms with Gasteiger partial charge in [0.05, 0.1) is 26.5 Å². The van der Waals surface area contributed by atoms with Crippen LogP contribution in [0.15, 0.2) is 88.6 Å². The maximum Gasteiger partial charge on any atom is 0.296 e. The van der Waals surface area contributed by atoms with Crippen molar-refractivity contribution in [1.29, 1.82) is 0 Å². The van der Waals surface area contributed by atoms with Crippen LogP contribution in [0.3, 0.4) is 0 Å². The smallest absolute Gasteiger partial charge is 0.296 e. The number of hydrogen-bond donors (Lipinski definition) is 1. The zero-order chi connectivity index (χ0) is 26.3. The van der Waals surface area contributed by atoms with Crippen LogP contribution in [0.5, 0.6) is 0 Å². The van der Waals surface area contributed by atoms with Gasteiger partial charge in [0.1, 0.15) is 5.69 Å². The molecule has 0 saturated heterocycles. The molecule has 0 atom stereocenters. The number of carbonyl (C=O) groups is 1. The van der Waals surface area contributed by atoms with Gasteiger partial charge in [0.15, 0.2) is 5.13 Å². The fourth-order valence-electron chi connectivity index (χ4n) is 4.09. The number of para-hydroxylation sites is 2. The van der Waals surface area contributed by atoms with E-state index in [2.05, 4.69) is 10.3 Å². The molecule has 0 unspecified atom stereocenters. The average Bonchev–Trinajstić information content (AvgIpc) is 3.40. The van der Waals surface area contributed by atoms with Crippen LogP contribution in [0.1, 0.15) is 16.1 Å². The molecule has 2 aromatic heterocycles. The predicted octanol–water partition coefficient (Wildman–Crippen LogP) is 4.17. The van der Waals surface area contributed by atoms with Crippen molar-refractivity contribution < 1.29 is 13.2 Å². The number of hydrogen-bond acceptors (Lipinski definition) is 6. The van der Waals surface area contributed by atoms with Crippen molar-refractivity contribution in [2.75, 3.05) is 16.7 Å². The normalized spacial score (nSPS) is 11.5. The second-order valence-electron chi connectivity index (χ2n) is 8.35. The quantitative estimate of drug-likeness (QED) is 0.353. The largest absolute Gasteiger partial charge is 0.298 e. The van der Waals surface area contributed by atoms with Gasteiger partial charge in [-0.05, 0) is 49.4 Å². The van der Waals surface area contributed by atoms with Gasteiger partial charge in [-0.1, -0.05) is 47.7 Å². The summed E-state index contributed by atoms with van der Waals surface area (Å²) in [5.74, 6) is -0.485. The Hall–Kier alpha value is -4.22. The Bertz CT molecular complexity index is 1770. The number of aromatic nitrogens is 3. The number of nitrogens with zero attached hydrogens (tertiary/aromatic N) is 4. The molecule has 0 saturated carbocycles. The van der Waals surface area contributed by atoms with Crippen molar-refractivity contribution in [3.63, 3.8) is 0 Å². The highest BCUT2D eigenvalue weighted by molar-refractivity contribution is 7.92. The van der Waals surface area contributed by atoms with Crippen molar-refractivity contribution in [3.8, 4) is 5.69 Å². The molecule has 0 aliphatic rings. The Morgan fingerprint density at radius 1 is 1.00 bits per heavy atom. The van der Waals surface area contributed by atoms with E-state index < -0.39 is 21.5 Å². The summed E-state index contributed by atoms with van der Waals surface area (Å²) in [5.41, 5.74) is 1.56. The summed E-state index contributed by atoms with van der Waals surface area (Å²) in [6.07, 6.45) is 0. The Morgan fingerprint density at radius 2 is 1.70 bits per heavy atom. The third kappa shape index (κ3) is 4.32. The van der Waals surface area contributed by atoms with Crippen LogP contribution in [0.25, 0.3) is 15.9 Å². The first-order valence-electron chi connectivity index (χ1n) is 11.3.